The van der Waals surface area contributed by atoms with Crippen LogP contribution in [0.3, 0.4) is 0 Å². The summed E-state index contributed by atoms with van der Waals surface area (Å²) >= 11 is 6.30. The Balaban J connectivity index is 0.00000280. The number of aryl methyl sites for hydroxylation is 1. The third kappa shape index (κ3) is 5.91. The van der Waals surface area contributed by atoms with E-state index in [4.69, 9.17) is 11.6 Å². The Morgan fingerprint density at radius 1 is 1.29 bits per heavy atom. The third-order valence-electron chi connectivity index (χ3n) is 4.58. The lowest BCUT2D eigenvalue weighted by molar-refractivity contribution is 0.0941. The summed E-state index contributed by atoms with van der Waals surface area (Å²) in [6.07, 6.45) is 2.56. The van der Waals surface area contributed by atoms with E-state index in [2.05, 4.69) is 32.5 Å². The van der Waals surface area contributed by atoms with Crippen LogP contribution < -0.4 is 10.6 Å². The first-order valence-electron chi connectivity index (χ1n) is 9.61. The van der Waals surface area contributed by atoms with Crippen LogP contribution in [0.1, 0.15) is 36.2 Å². The first-order chi connectivity index (χ1) is 13.2. The Bertz CT molecular complexity index is 761. The Hall–Kier alpha value is -1.67. The third-order valence-corrected chi connectivity index (χ3v) is 4.90. The minimum Gasteiger partial charge on any atom is -0.349 e. The number of rotatable bonds is 8. The largest absolute Gasteiger partial charge is 0.349 e. The molecule has 2 aromatic rings. The number of piperazine rings is 1. The van der Waals surface area contributed by atoms with Gasteiger partial charge in [0.15, 0.2) is 0 Å². The first-order valence-corrected chi connectivity index (χ1v) is 9.99. The molecule has 28 heavy (non-hydrogen) atoms. The van der Waals surface area contributed by atoms with Gasteiger partial charge in [0, 0.05) is 39.1 Å². The normalized spacial score (nSPS) is 14.5. The van der Waals surface area contributed by atoms with E-state index in [9.17, 15) is 4.79 Å². The van der Waals surface area contributed by atoms with E-state index in [1.54, 1.807) is 4.68 Å². The summed E-state index contributed by atoms with van der Waals surface area (Å²) in [6, 6.07) is 7.46. The van der Waals surface area contributed by atoms with E-state index in [0.29, 0.717) is 11.6 Å². The predicted molar refractivity (Wildman–Crippen MR) is 114 cm³/mol. The quantitative estimate of drug-likeness (QED) is 0.633. The van der Waals surface area contributed by atoms with Crippen LogP contribution in [0.5, 0.6) is 0 Å². The summed E-state index contributed by atoms with van der Waals surface area (Å²) < 4.78 is 1.68. The molecule has 0 unspecified atom stereocenters. The van der Waals surface area contributed by atoms with Gasteiger partial charge in [0.25, 0.3) is 5.91 Å². The van der Waals surface area contributed by atoms with Crippen molar-refractivity contribution in [3.05, 3.63) is 40.9 Å². The molecule has 3 rings (SSSR count). The van der Waals surface area contributed by atoms with Crippen molar-refractivity contribution in [3.63, 3.8) is 0 Å². The highest BCUT2D eigenvalue weighted by molar-refractivity contribution is 6.32. The van der Waals surface area contributed by atoms with E-state index in [1.165, 1.54) is 0 Å². The number of nitrogens with zero attached hydrogens (tertiary/aromatic N) is 4. The Kier molecular flexibility index (Phi) is 9.18. The molecule has 1 fully saturated rings. The van der Waals surface area contributed by atoms with Crippen molar-refractivity contribution in [1.82, 2.24) is 30.3 Å². The Labute approximate surface area is 177 Å². The Morgan fingerprint density at radius 2 is 2.04 bits per heavy atom. The fourth-order valence-electron chi connectivity index (χ4n) is 3.16. The number of para-hydroxylation sites is 1. The Morgan fingerprint density at radius 3 is 2.75 bits per heavy atom. The molecule has 0 saturated carbocycles. The topological polar surface area (TPSA) is 75.1 Å². The van der Waals surface area contributed by atoms with E-state index in [-0.39, 0.29) is 24.1 Å². The van der Waals surface area contributed by atoms with Gasteiger partial charge in [0.1, 0.15) is 5.82 Å². The van der Waals surface area contributed by atoms with Crippen LogP contribution in [0.2, 0.25) is 5.02 Å². The molecule has 0 aliphatic carbocycles. The highest BCUT2D eigenvalue weighted by Gasteiger charge is 2.18. The number of hydrogen-bond acceptors (Lipinski definition) is 5. The number of carbonyl (C=O) groups excluding carboxylic acids is 1. The van der Waals surface area contributed by atoms with Gasteiger partial charge >= 0.3 is 0 Å². The highest BCUT2D eigenvalue weighted by atomic mass is 35.5. The van der Waals surface area contributed by atoms with Crippen LogP contribution in [0, 0.1) is 0 Å². The summed E-state index contributed by atoms with van der Waals surface area (Å²) in [4.78, 5) is 19.3. The van der Waals surface area contributed by atoms with Gasteiger partial charge in [-0.2, -0.15) is 0 Å². The summed E-state index contributed by atoms with van der Waals surface area (Å²) in [5.74, 6) is 0.704. The van der Waals surface area contributed by atoms with E-state index in [0.717, 1.165) is 63.5 Å². The van der Waals surface area contributed by atoms with Crippen LogP contribution in [-0.2, 0) is 6.42 Å². The van der Waals surface area contributed by atoms with Crippen molar-refractivity contribution in [1.29, 1.82) is 0 Å². The lowest BCUT2D eigenvalue weighted by Gasteiger charge is -2.26. The summed E-state index contributed by atoms with van der Waals surface area (Å²) in [7, 11) is 0. The molecule has 154 valence electrons. The molecule has 0 atom stereocenters. The number of halogens is 2. The second-order valence-electron chi connectivity index (χ2n) is 6.67. The number of benzene rings is 1. The van der Waals surface area contributed by atoms with Gasteiger partial charge in [0.2, 0.25) is 5.82 Å². The molecule has 9 heteroatoms. The molecular formula is C19H28Cl2N6O. The predicted octanol–water partition coefficient (Wildman–Crippen LogP) is 2.32. The number of nitrogens with one attached hydrogen (secondary N) is 2. The standard InChI is InChI=1S/C19H27ClN6O.ClH/c1-2-6-17-23-18(24-26(17)16-8-4-3-7-15(16)20)19(27)22-9-5-12-25-13-10-21-11-14-25;/h3-4,7-8,21H,2,5-6,9-14H2,1H3,(H,22,27);1H. The number of carbonyl (C=O) groups is 1. The fourth-order valence-corrected chi connectivity index (χ4v) is 3.38. The molecule has 0 radical (unpaired) electrons. The fraction of sp³-hybridized carbons (Fsp3) is 0.526. The molecule has 1 amide bonds. The monoisotopic (exact) mass is 426 g/mol. The van der Waals surface area contributed by atoms with Crippen LogP contribution in [0.25, 0.3) is 5.69 Å². The zero-order chi connectivity index (χ0) is 19.1. The molecule has 1 aliphatic rings. The van der Waals surface area contributed by atoms with Crippen LogP contribution in [0.4, 0.5) is 0 Å². The van der Waals surface area contributed by atoms with Crippen LogP contribution in [-0.4, -0.2) is 64.8 Å². The van der Waals surface area contributed by atoms with Crippen molar-refractivity contribution in [2.45, 2.75) is 26.2 Å². The van der Waals surface area contributed by atoms with Crippen LogP contribution in [0.15, 0.2) is 24.3 Å². The molecule has 0 spiro atoms. The summed E-state index contributed by atoms with van der Waals surface area (Å²) in [5.41, 5.74) is 0.743. The van der Waals surface area contributed by atoms with Gasteiger partial charge in [-0.25, -0.2) is 9.67 Å². The van der Waals surface area contributed by atoms with Gasteiger partial charge in [0.05, 0.1) is 10.7 Å². The number of amides is 1. The maximum atomic E-state index is 12.5. The van der Waals surface area contributed by atoms with Crippen molar-refractivity contribution >= 4 is 29.9 Å². The maximum absolute atomic E-state index is 12.5. The van der Waals surface area contributed by atoms with Gasteiger partial charge in [-0.3, -0.25) is 4.79 Å². The lowest BCUT2D eigenvalue weighted by atomic mass is 10.3. The molecule has 1 aliphatic heterocycles. The molecule has 7 nitrogen and oxygen atoms in total. The minimum absolute atomic E-state index is 0. The molecule has 1 aromatic carbocycles. The zero-order valence-electron chi connectivity index (χ0n) is 16.2. The molecule has 2 heterocycles. The minimum atomic E-state index is -0.238. The van der Waals surface area contributed by atoms with Crippen molar-refractivity contribution in [2.24, 2.45) is 0 Å². The number of hydrogen-bond donors (Lipinski definition) is 2. The van der Waals surface area contributed by atoms with Gasteiger partial charge in [-0.15, -0.1) is 17.5 Å². The van der Waals surface area contributed by atoms with Gasteiger partial charge < -0.3 is 15.5 Å². The molecule has 1 aromatic heterocycles. The van der Waals surface area contributed by atoms with Crippen molar-refractivity contribution in [2.75, 3.05) is 39.3 Å². The molecule has 2 N–H and O–H groups in total. The first kappa shape index (κ1) is 22.6. The summed E-state index contributed by atoms with van der Waals surface area (Å²) in [6.45, 7) is 7.89. The highest BCUT2D eigenvalue weighted by Crippen LogP contribution is 2.21. The second-order valence-corrected chi connectivity index (χ2v) is 7.07. The van der Waals surface area contributed by atoms with Crippen LogP contribution >= 0.6 is 24.0 Å². The lowest BCUT2D eigenvalue weighted by Crippen LogP contribution is -2.44. The molecule has 0 bridgehead atoms. The van der Waals surface area contributed by atoms with E-state index >= 15 is 0 Å². The second kappa shape index (κ2) is 11.4. The average molecular weight is 427 g/mol. The smallest absolute Gasteiger partial charge is 0.290 e. The molecule has 1 saturated heterocycles. The number of aromatic nitrogens is 3. The molecular weight excluding hydrogens is 399 g/mol. The van der Waals surface area contributed by atoms with E-state index < -0.39 is 0 Å². The van der Waals surface area contributed by atoms with E-state index in [1.807, 2.05) is 24.3 Å². The maximum Gasteiger partial charge on any atom is 0.290 e. The average Bonchev–Trinajstić information content (AvgIpc) is 3.10. The van der Waals surface area contributed by atoms with Crippen molar-refractivity contribution in [3.8, 4) is 5.69 Å². The summed E-state index contributed by atoms with van der Waals surface area (Å²) in [5, 5.41) is 11.3. The van der Waals surface area contributed by atoms with Crippen molar-refractivity contribution < 1.29 is 4.79 Å². The SMILES string of the molecule is CCCc1nc(C(=O)NCCCN2CCNCC2)nn1-c1ccccc1Cl.Cl. The zero-order valence-corrected chi connectivity index (χ0v) is 17.7. The van der Waals surface area contributed by atoms with Gasteiger partial charge in [-0.1, -0.05) is 30.7 Å². The van der Waals surface area contributed by atoms with Gasteiger partial charge in [-0.05, 0) is 31.5 Å².